The first-order valence-corrected chi connectivity index (χ1v) is 17.4. The summed E-state index contributed by atoms with van der Waals surface area (Å²) in [6.45, 7) is 4.77. The number of allylic oxidation sites excluding steroid dienone is 1. The molecule has 0 radical (unpaired) electrons. The first-order valence-electron chi connectivity index (χ1n) is 17.4. The van der Waals surface area contributed by atoms with Crippen LogP contribution >= 0.6 is 0 Å². The Kier molecular flexibility index (Phi) is 7.21. The lowest BCUT2D eigenvalue weighted by Gasteiger charge is -2.28. The predicted octanol–water partition coefficient (Wildman–Crippen LogP) is 13.6. The number of benzene rings is 8. The molecule has 0 atom stereocenters. The third kappa shape index (κ3) is 5.02. The number of hydrogen-bond donors (Lipinski definition) is 0. The van der Waals surface area contributed by atoms with Gasteiger partial charge in [-0.05, 0) is 109 Å². The molecule has 0 saturated carbocycles. The maximum atomic E-state index is 2.45. The fourth-order valence-corrected chi connectivity index (χ4v) is 8.00. The van der Waals surface area contributed by atoms with Crippen LogP contribution in [-0.4, -0.2) is 0 Å². The van der Waals surface area contributed by atoms with Crippen molar-refractivity contribution < 1.29 is 0 Å². The van der Waals surface area contributed by atoms with Gasteiger partial charge in [0.2, 0.25) is 0 Å². The Labute approximate surface area is 294 Å². The smallest absolute Gasteiger partial charge is 0.0462 e. The molecule has 0 saturated heterocycles. The fourth-order valence-electron chi connectivity index (χ4n) is 8.00. The average Bonchev–Trinajstić information content (AvgIpc) is 3.47. The van der Waals surface area contributed by atoms with E-state index in [1.165, 1.54) is 66.1 Å². The molecule has 9 rings (SSSR count). The third-order valence-corrected chi connectivity index (χ3v) is 10.5. The van der Waals surface area contributed by atoms with Gasteiger partial charge < -0.3 is 4.90 Å². The fraction of sp³-hybridized carbons (Fsp3) is 0.0612. The first kappa shape index (κ1) is 29.9. The van der Waals surface area contributed by atoms with E-state index in [1.54, 1.807) is 0 Å². The Balaban J connectivity index is 1.12. The van der Waals surface area contributed by atoms with Crippen LogP contribution in [0.15, 0.2) is 182 Å². The van der Waals surface area contributed by atoms with Crippen LogP contribution in [0, 0.1) is 0 Å². The molecule has 0 aliphatic heterocycles. The van der Waals surface area contributed by atoms with E-state index in [2.05, 4.69) is 207 Å². The van der Waals surface area contributed by atoms with Gasteiger partial charge in [-0.1, -0.05) is 159 Å². The van der Waals surface area contributed by atoms with E-state index in [-0.39, 0.29) is 5.41 Å². The average molecular weight is 640 g/mol. The molecular formula is C49H37N. The molecule has 0 spiro atoms. The molecule has 0 heterocycles. The summed E-state index contributed by atoms with van der Waals surface area (Å²) >= 11 is 0. The lowest BCUT2D eigenvalue weighted by molar-refractivity contribution is 0.711. The van der Waals surface area contributed by atoms with E-state index in [1.807, 2.05) is 0 Å². The summed E-state index contributed by atoms with van der Waals surface area (Å²) in [7, 11) is 0. The van der Waals surface area contributed by atoms with Gasteiger partial charge in [-0.15, -0.1) is 0 Å². The molecule has 0 bridgehead atoms. The molecule has 0 aromatic heterocycles. The standard InChI is InChI=1S/C49H37N/c1-49(2)47(33-46-44-19-10-9-17-42(44)43-18-11-12-20-45(43)48(46)49)38-25-31-41(32-26-38)50(39-27-21-36(22-28-39)34-13-5-3-6-14-34)40-29-23-37(24-30-40)35-15-7-4-8-16-35/h3-33H,1-2H3. The summed E-state index contributed by atoms with van der Waals surface area (Å²) in [6, 6.07) is 65.9. The van der Waals surface area contributed by atoms with Crippen molar-refractivity contribution in [2.75, 3.05) is 4.90 Å². The van der Waals surface area contributed by atoms with Gasteiger partial charge in [0.25, 0.3) is 0 Å². The molecule has 1 nitrogen and oxygen atoms in total. The van der Waals surface area contributed by atoms with E-state index in [4.69, 9.17) is 0 Å². The van der Waals surface area contributed by atoms with Crippen molar-refractivity contribution in [3.63, 3.8) is 0 Å². The minimum Gasteiger partial charge on any atom is -0.311 e. The SMILES string of the molecule is CC1(C)C(c2ccc(N(c3ccc(-c4ccccc4)cc3)c3ccc(-c4ccccc4)cc3)cc2)=Cc2c1c1ccccc1c1ccccc21. The number of fused-ring (bicyclic) bond motifs is 6. The van der Waals surface area contributed by atoms with Crippen LogP contribution in [0.25, 0.3) is 55.4 Å². The van der Waals surface area contributed by atoms with Crippen LogP contribution < -0.4 is 4.90 Å². The molecule has 0 amide bonds. The van der Waals surface area contributed by atoms with Gasteiger partial charge in [0, 0.05) is 22.5 Å². The summed E-state index contributed by atoms with van der Waals surface area (Å²) in [5.41, 5.74) is 13.4. The molecule has 1 aliphatic carbocycles. The Morgan fingerprint density at radius 3 is 1.18 bits per heavy atom. The lowest BCUT2D eigenvalue weighted by Crippen LogP contribution is -2.17. The van der Waals surface area contributed by atoms with Crippen molar-refractivity contribution in [1.82, 2.24) is 0 Å². The second-order valence-corrected chi connectivity index (χ2v) is 13.8. The number of anilines is 3. The quantitative estimate of drug-likeness (QED) is 0.164. The van der Waals surface area contributed by atoms with E-state index in [0.717, 1.165) is 17.1 Å². The first-order chi connectivity index (χ1) is 24.6. The Morgan fingerprint density at radius 1 is 0.340 bits per heavy atom. The van der Waals surface area contributed by atoms with E-state index >= 15 is 0 Å². The van der Waals surface area contributed by atoms with E-state index in [0.29, 0.717) is 0 Å². The number of hydrogen-bond acceptors (Lipinski definition) is 1. The Hall–Kier alpha value is -6.18. The summed E-state index contributed by atoms with van der Waals surface area (Å²) < 4.78 is 0. The predicted molar refractivity (Wildman–Crippen MR) is 214 cm³/mol. The third-order valence-electron chi connectivity index (χ3n) is 10.5. The molecular weight excluding hydrogens is 603 g/mol. The highest BCUT2D eigenvalue weighted by Crippen LogP contribution is 2.52. The van der Waals surface area contributed by atoms with E-state index in [9.17, 15) is 0 Å². The largest absolute Gasteiger partial charge is 0.311 e. The Bertz CT molecular complexity index is 2420. The zero-order valence-corrected chi connectivity index (χ0v) is 28.3. The molecule has 8 aromatic rings. The van der Waals surface area contributed by atoms with Crippen LogP contribution in [0.1, 0.15) is 30.5 Å². The van der Waals surface area contributed by atoms with Crippen LogP contribution in [0.5, 0.6) is 0 Å². The van der Waals surface area contributed by atoms with E-state index < -0.39 is 0 Å². The van der Waals surface area contributed by atoms with Gasteiger partial charge in [0.05, 0.1) is 0 Å². The van der Waals surface area contributed by atoms with Crippen molar-refractivity contribution >= 4 is 50.3 Å². The van der Waals surface area contributed by atoms with Gasteiger partial charge in [-0.25, -0.2) is 0 Å². The van der Waals surface area contributed by atoms with Crippen LogP contribution in [0.3, 0.4) is 0 Å². The zero-order chi connectivity index (χ0) is 33.7. The highest BCUT2D eigenvalue weighted by Gasteiger charge is 2.36. The monoisotopic (exact) mass is 639 g/mol. The molecule has 50 heavy (non-hydrogen) atoms. The molecule has 0 N–H and O–H groups in total. The summed E-state index contributed by atoms with van der Waals surface area (Å²) in [5.74, 6) is 0. The minimum atomic E-state index is -0.152. The maximum absolute atomic E-state index is 2.45. The normalized spacial score (nSPS) is 13.3. The van der Waals surface area contributed by atoms with Gasteiger partial charge in [-0.3, -0.25) is 0 Å². The van der Waals surface area contributed by atoms with Crippen molar-refractivity contribution in [3.8, 4) is 22.3 Å². The van der Waals surface area contributed by atoms with Gasteiger partial charge in [-0.2, -0.15) is 0 Å². The van der Waals surface area contributed by atoms with Crippen LogP contribution in [0.2, 0.25) is 0 Å². The molecule has 0 unspecified atom stereocenters. The molecule has 1 aliphatic rings. The van der Waals surface area contributed by atoms with Crippen molar-refractivity contribution in [2.45, 2.75) is 19.3 Å². The summed E-state index contributed by atoms with van der Waals surface area (Å²) in [4.78, 5) is 2.36. The number of rotatable bonds is 6. The van der Waals surface area contributed by atoms with Crippen molar-refractivity contribution in [1.29, 1.82) is 0 Å². The lowest BCUT2D eigenvalue weighted by atomic mass is 9.76. The molecule has 1 heteroatoms. The molecule has 0 fully saturated rings. The zero-order valence-electron chi connectivity index (χ0n) is 28.3. The van der Waals surface area contributed by atoms with Gasteiger partial charge in [0.1, 0.15) is 0 Å². The topological polar surface area (TPSA) is 3.24 Å². The maximum Gasteiger partial charge on any atom is 0.0462 e. The number of nitrogens with zero attached hydrogens (tertiary/aromatic N) is 1. The van der Waals surface area contributed by atoms with Gasteiger partial charge in [0.15, 0.2) is 0 Å². The Morgan fingerprint density at radius 2 is 0.700 bits per heavy atom. The van der Waals surface area contributed by atoms with Crippen molar-refractivity contribution in [2.24, 2.45) is 0 Å². The molecule has 8 aromatic carbocycles. The van der Waals surface area contributed by atoms with Crippen LogP contribution in [0.4, 0.5) is 17.1 Å². The minimum absolute atomic E-state index is 0.152. The van der Waals surface area contributed by atoms with Crippen LogP contribution in [-0.2, 0) is 5.41 Å². The molecule has 238 valence electrons. The summed E-state index contributed by atoms with van der Waals surface area (Å²) in [6.07, 6.45) is 2.45. The summed E-state index contributed by atoms with van der Waals surface area (Å²) in [5, 5.41) is 5.31. The van der Waals surface area contributed by atoms with Crippen molar-refractivity contribution in [3.05, 3.63) is 199 Å². The van der Waals surface area contributed by atoms with Gasteiger partial charge >= 0.3 is 0 Å². The highest BCUT2D eigenvalue weighted by atomic mass is 15.1. The second-order valence-electron chi connectivity index (χ2n) is 13.8. The highest BCUT2D eigenvalue weighted by molar-refractivity contribution is 6.17. The second kappa shape index (κ2) is 12.1.